The van der Waals surface area contributed by atoms with Gasteiger partial charge < -0.3 is 9.84 Å². The molecular weight excluding hydrogens is 216 g/mol. The summed E-state index contributed by atoms with van der Waals surface area (Å²) in [6, 6.07) is 5.57. The number of aryl methyl sites for hydroxylation is 1. The molecular formula is C14H18O3. The predicted octanol–water partition coefficient (Wildman–Crippen LogP) is 2.21. The average Bonchev–Trinajstić information content (AvgIpc) is 2.36. The molecule has 0 amide bonds. The van der Waals surface area contributed by atoms with E-state index in [1.807, 2.05) is 26.0 Å². The zero-order chi connectivity index (χ0) is 12.4. The van der Waals surface area contributed by atoms with E-state index >= 15 is 0 Å². The van der Waals surface area contributed by atoms with E-state index in [-0.39, 0.29) is 11.7 Å². The van der Waals surface area contributed by atoms with Gasteiger partial charge in [-0.1, -0.05) is 26.0 Å². The Morgan fingerprint density at radius 1 is 1.41 bits per heavy atom. The van der Waals surface area contributed by atoms with Gasteiger partial charge >= 0.3 is 0 Å². The molecule has 0 spiro atoms. The maximum atomic E-state index is 12.1. The van der Waals surface area contributed by atoms with Crippen LogP contribution < -0.4 is 4.74 Å². The lowest BCUT2D eigenvalue weighted by molar-refractivity contribution is 0.0643. The van der Waals surface area contributed by atoms with Gasteiger partial charge in [0.25, 0.3) is 0 Å². The Labute approximate surface area is 101 Å². The van der Waals surface area contributed by atoms with Gasteiger partial charge in [-0.3, -0.25) is 4.79 Å². The molecule has 3 nitrogen and oxygen atoms in total. The first-order chi connectivity index (χ1) is 8.11. The number of rotatable bonds is 3. The number of hydrogen-bond acceptors (Lipinski definition) is 3. The second-order valence-corrected chi connectivity index (χ2v) is 4.80. The van der Waals surface area contributed by atoms with Crippen LogP contribution >= 0.6 is 0 Å². The topological polar surface area (TPSA) is 46.5 Å². The molecule has 1 atom stereocenters. The zero-order valence-corrected chi connectivity index (χ0v) is 10.3. The normalized spacial score (nSPS) is 16.2. The molecule has 1 unspecified atom stereocenters. The fourth-order valence-electron chi connectivity index (χ4n) is 2.05. The summed E-state index contributed by atoms with van der Waals surface area (Å²) >= 11 is 0. The van der Waals surface area contributed by atoms with Crippen LogP contribution in [0.4, 0.5) is 0 Å². The number of ether oxygens (including phenoxy) is 1. The largest absolute Gasteiger partial charge is 0.493 e. The van der Waals surface area contributed by atoms with Crippen molar-refractivity contribution in [2.75, 3.05) is 6.61 Å². The number of aliphatic hydroxyl groups excluding tert-OH is 1. The van der Waals surface area contributed by atoms with Crippen molar-refractivity contribution in [1.82, 2.24) is 0 Å². The van der Waals surface area contributed by atoms with Crippen molar-refractivity contribution < 1.29 is 14.6 Å². The number of carbonyl (C=O) groups is 1. The highest BCUT2D eigenvalue weighted by Gasteiger charge is 2.25. The number of fused-ring (bicyclic) bond motifs is 1. The minimum absolute atomic E-state index is 0.0815. The molecule has 2 rings (SSSR count). The van der Waals surface area contributed by atoms with Gasteiger partial charge in [0, 0.05) is 0 Å². The highest BCUT2D eigenvalue weighted by Crippen LogP contribution is 2.30. The standard InChI is InChI=1S/C14H18O3/c1-9(2)12(15)13(16)11-7-3-5-10-6-4-8-17-14(10)11/h3,5,7,9,12,15H,4,6,8H2,1-2H3. The third kappa shape index (κ3) is 2.34. The van der Waals surface area contributed by atoms with E-state index in [2.05, 4.69) is 0 Å². The van der Waals surface area contributed by atoms with Gasteiger partial charge in [0.2, 0.25) is 0 Å². The highest BCUT2D eigenvalue weighted by molar-refractivity contribution is 6.02. The summed E-state index contributed by atoms with van der Waals surface area (Å²) in [6.07, 6.45) is 0.970. The van der Waals surface area contributed by atoms with Gasteiger partial charge in [-0.25, -0.2) is 0 Å². The van der Waals surface area contributed by atoms with Crippen LogP contribution in [-0.4, -0.2) is 23.6 Å². The molecule has 0 aromatic heterocycles. The lowest BCUT2D eigenvalue weighted by atomic mass is 9.94. The van der Waals surface area contributed by atoms with Crippen LogP contribution in [0.25, 0.3) is 0 Å². The van der Waals surface area contributed by atoms with Crippen LogP contribution in [0.5, 0.6) is 5.75 Å². The third-order valence-electron chi connectivity index (χ3n) is 3.10. The number of aliphatic hydroxyl groups is 1. The summed E-state index contributed by atoms with van der Waals surface area (Å²) in [6.45, 7) is 4.31. The van der Waals surface area contributed by atoms with E-state index in [1.165, 1.54) is 0 Å². The lowest BCUT2D eigenvalue weighted by Gasteiger charge is -2.21. The van der Waals surface area contributed by atoms with Gasteiger partial charge in [-0.05, 0) is 30.4 Å². The molecule has 1 aromatic rings. The molecule has 1 N–H and O–H groups in total. The zero-order valence-electron chi connectivity index (χ0n) is 10.3. The first-order valence-corrected chi connectivity index (χ1v) is 6.08. The van der Waals surface area contributed by atoms with Gasteiger partial charge in [-0.2, -0.15) is 0 Å². The van der Waals surface area contributed by atoms with Gasteiger partial charge in [0.15, 0.2) is 5.78 Å². The van der Waals surface area contributed by atoms with Crippen LogP contribution in [-0.2, 0) is 6.42 Å². The van der Waals surface area contributed by atoms with Crippen LogP contribution in [0.1, 0.15) is 36.2 Å². The number of benzene rings is 1. The van der Waals surface area contributed by atoms with Crippen molar-refractivity contribution >= 4 is 5.78 Å². The lowest BCUT2D eigenvalue weighted by Crippen LogP contribution is -2.27. The highest BCUT2D eigenvalue weighted by atomic mass is 16.5. The van der Waals surface area contributed by atoms with Crippen LogP contribution in [0.2, 0.25) is 0 Å². The van der Waals surface area contributed by atoms with Gasteiger partial charge in [-0.15, -0.1) is 0 Å². The molecule has 3 heteroatoms. The SMILES string of the molecule is CC(C)C(O)C(=O)c1cccc2c1OCCC2. The fraction of sp³-hybridized carbons (Fsp3) is 0.500. The van der Waals surface area contributed by atoms with Crippen molar-refractivity contribution in [3.8, 4) is 5.75 Å². The Kier molecular flexibility index (Phi) is 3.48. The molecule has 0 saturated heterocycles. The molecule has 0 aliphatic carbocycles. The first-order valence-electron chi connectivity index (χ1n) is 6.08. The van der Waals surface area contributed by atoms with Gasteiger partial charge in [0.1, 0.15) is 11.9 Å². The number of carbonyl (C=O) groups excluding carboxylic acids is 1. The van der Waals surface area contributed by atoms with Crippen LogP contribution in [0.3, 0.4) is 0 Å². The number of ketones is 1. The Morgan fingerprint density at radius 3 is 2.88 bits per heavy atom. The summed E-state index contributed by atoms with van der Waals surface area (Å²) < 4.78 is 5.57. The van der Waals surface area contributed by atoms with E-state index in [0.29, 0.717) is 17.9 Å². The Morgan fingerprint density at radius 2 is 2.18 bits per heavy atom. The monoisotopic (exact) mass is 234 g/mol. The minimum atomic E-state index is -0.952. The number of para-hydroxylation sites is 1. The smallest absolute Gasteiger partial charge is 0.195 e. The van der Waals surface area contributed by atoms with E-state index in [1.54, 1.807) is 6.07 Å². The van der Waals surface area contributed by atoms with Crippen LogP contribution in [0, 0.1) is 5.92 Å². The van der Waals surface area contributed by atoms with Gasteiger partial charge in [0.05, 0.1) is 12.2 Å². The predicted molar refractivity (Wildman–Crippen MR) is 65.4 cm³/mol. The van der Waals surface area contributed by atoms with E-state index in [4.69, 9.17) is 4.74 Å². The molecule has 0 fully saturated rings. The number of Topliss-reactive ketones (excluding diaryl/α,β-unsaturated/α-hetero) is 1. The molecule has 0 radical (unpaired) electrons. The molecule has 1 heterocycles. The van der Waals surface area contributed by atoms with E-state index in [9.17, 15) is 9.90 Å². The Balaban J connectivity index is 2.35. The van der Waals surface area contributed by atoms with Crippen molar-refractivity contribution in [2.45, 2.75) is 32.8 Å². The molecule has 92 valence electrons. The van der Waals surface area contributed by atoms with Crippen molar-refractivity contribution in [3.05, 3.63) is 29.3 Å². The maximum Gasteiger partial charge on any atom is 0.195 e. The van der Waals surface area contributed by atoms with Crippen molar-refractivity contribution in [2.24, 2.45) is 5.92 Å². The Hall–Kier alpha value is -1.35. The summed E-state index contributed by atoms with van der Waals surface area (Å²) in [4.78, 5) is 12.1. The molecule has 1 aliphatic rings. The second-order valence-electron chi connectivity index (χ2n) is 4.80. The molecule has 1 aromatic carbocycles. The summed E-state index contributed by atoms with van der Waals surface area (Å²) in [5, 5.41) is 9.84. The minimum Gasteiger partial charge on any atom is -0.493 e. The molecule has 0 bridgehead atoms. The molecule has 17 heavy (non-hydrogen) atoms. The molecule has 0 saturated carbocycles. The fourth-order valence-corrected chi connectivity index (χ4v) is 2.05. The summed E-state index contributed by atoms with van der Waals surface area (Å²) in [5.74, 6) is 0.351. The third-order valence-corrected chi connectivity index (χ3v) is 3.10. The second kappa shape index (κ2) is 4.88. The van der Waals surface area contributed by atoms with Crippen molar-refractivity contribution in [1.29, 1.82) is 0 Å². The van der Waals surface area contributed by atoms with E-state index in [0.717, 1.165) is 18.4 Å². The van der Waals surface area contributed by atoms with Crippen LogP contribution in [0.15, 0.2) is 18.2 Å². The average molecular weight is 234 g/mol. The van der Waals surface area contributed by atoms with Crippen molar-refractivity contribution in [3.63, 3.8) is 0 Å². The summed E-state index contributed by atoms with van der Waals surface area (Å²) in [7, 11) is 0. The molecule has 1 aliphatic heterocycles. The maximum absolute atomic E-state index is 12.1. The van der Waals surface area contributed by atoms with E-state index < -0.39 is 6.10 Å². The number of hydrogen-bond donors (Lipinski definition) is 1. The summed E-state index contributed by atoms with van der Waals surface area (Å²) in [5.41, 5.74) is 1.58. The Bertz CT molecular complexity index is 423. The quantitative estimate of drug-likeness (QED) is 0.816. The first kappa shape index (κ1) is 12.1.